The molecule has 0 aliphatic heterocycles. The molecule has 0 saturated carbocycles. The average molecular weight is 405 g/mol. The van der Waals surface area contributed by atoms with Crippen molar-refractivity contribution in [2.75, 3.05) is 10.6 Å². The lowest BCUT2D eigenvalue weighted by molar-refractivity contribution is -0.114. The van der Waals surface area contributed by atoms with Crippen LogP contribution in [-0.4, -0.2) is 22.6 Å². The van der Waals surface area contributed by atoms with Crippen LogP contribution < -0.4 is 10.6 Å². The van der Waals surface area contributed by atoms with Crippen LogP contribution in [0.1, 0.15) is 24.2 Å². The van der Waals surface area contributed by atoms with Crippen molar-refractivity contribution >= 4 is 39.8 Å². The number of hydrogen-bond acceptors (Lipinski definition) is 5. The fraction of sp³-hybridized carbons (Fsp3) is 0.0909. The van der Waals surface area contributed by atoms with Gasteiger partial charge in [0.25, 0.3) is 5.91 Å². The van der Waals surface area contributed by atoms with Gasteiger partial charge in [0.2, 0.25) is 5.91 Å². The molecule has 1 aromatic heterocycles. The number of ketones is 1. The molecule has 29 heavy (non-hydrogen) atoms. The van der Waals surface area contributed by atoms with Gasteiger partial charge in [-0.25, -0.2) is 4.98 Å². The quantitative estimate of drug-likeness (QED) is 0.466. The smallest absolute Gasteiger partial charge is 0.253 e. The van der Waals surface area contributed by atoms with Crippen molar-refractivity contribution in [3.63, 3.8) is 0 Å². The van der Waals surface area contributed by atoms with E-state index in [1.165, 1.54) is 24.3 Å². The molecule has 0 spiro atoms. The molecule has 0 aliphatic rings. The van der Waals surface area contributed by atoms with Crippen molar-refractivity contribution in [2.24, 2.45) is 0 Å². The highest BCUT2D eigenvalue weighted by atomic mass is 32.1. The molecular formula is C22H19N3O3S. The maximum atomic E-state index is 12.3. The molecule has 0 atom stereocenters. The van der Waals surface area contributed by atoms with Gasteiger partial charge in [-0.3, -0.25) is 19.7 Å². The lowest BCUT2D eigenvalue weighted by Gasteiger charge is -2.05. The lowest BCUT2D eigenvalue weighted by Crippen LogP contribution is -2.16. The molecule has 2 amide bonds. The topological polar surface area (TPSA) is 88.2 Å². The van der Waals surface area contributed by atoms with E-state index in [1.54, 1.807) is 31.2 Å². The van der Waals surface area contributed by atoms with Gasteiger partial charge in [0.05, 0.1) is 5.69 Å². The highest BCUT2D eigenvalue weighted by Crippen LogP contribution is 2.24. The Morgan fingerprint density at radius 1 is 0.931 bits per heavy atom. The third-order valence-electron chi connectivity index (χ3n) is 4.06. The van der Waals surface area contributed by atoms with Gasteiger partial charge in [-0.2, -0.15) is 0 Å². The van der Waals surface area contributed by atoms with Gasteiger partial charge in [-0.15, -0.1) is 11.3 Å². The maximum Gasteiger partial charge on any atom is 0.253 e. The monoisotopic (exact) mass is 405 g/mol. The van der Waals surface area contributed by atoms with Crippen LogP contribution in [0.15, 0.2) is 71.6 Å². The molecule has 0 fully saturated rings. The molecule has 0 bridgehead atoms. The molecule has 0 saturated heterocycles. The Bertz CT molecular complexity index is 1070. The van der Waals surface area contributed by atoms with Crippen molar-refractivity contribution in [1.29, 1.82) is 0 Å². The maximum absolute atomic E-state index is 12.3. The number of rotatable bonds is 6. The van der Waals surface area contributed by atoms with Crippen LogP contribution in [0.25, 0.3) is 11.3 Å². The van der Waals surface area contributed by atoms with Crippen LogP contribution in [-0.2, 0) is 9.59 Å². The molecular weight excluding hydrogens is 386 g/mol. The summed E-state index contributed by atoms with van der Waals surface area (Å²) in [6.45, 7) is 3.03. The molecule has 146 valence electrons. The number of Topliss-reactive ketones (excluding diaryl/α,β-unsaturated/α-hetero) is 1. The van der Waals surface area contributed by atoms with Gasteiger partial charge < -0.3 is 5.32 Å². The highest BCUT2D eigenvalue weighted by molar-refractivity contribution is 7.14. The zero-order valence-electron chi connectivity index (χ0n) is 15.9. The molecule has 2 N–H and O–H groups in total. The van der Waals surface area contributed by atoms with E-state index in [0.29, 0.717) is 16.4 Å². The number of benzene rings is 2. The second-order valence-corrected chi connectivity index (χ2v) is 7.17. The first-order valence-corrected chi connectivity index (χ1v) is 9.73. The van der Waals surface area contributed by atoms with Crippen LogP contribution in [0.2, 0.25) is 0 Å². The SMILES string of the molecule is CC(=O)c1ccc(NC(=O)/C=C(\C)C(=O)Nc2nc(-c3ccccc3)cs2)cc1. The molecule has 1 heterocycles. The minimum absolute atomic E-state index is 0.0482. The van der Waals surface area contributed by atoms with Gasteiger partial charge in [-0.05, 0) is 38.1 Å². The molecule has 2 aromatic carbocycles. The Kier molecular flexibility index (Phi) is 6.31. The van der Waals surface area contributed by atoms with Crippen molar-refractivity contribution < 1.29 is 14.4 Å². The third-order valence-corrected chi connectivity index (χ3v) is 4.82. The first kappa shape index (κ1) is 20.2. The van der Waals surface area contributed by atoms with E-state index in [4.69, 9.17) is 0 Å². The van der Waals surface area contributed by atoms with E-state index in [0.717, 1.165) is 11.3 Å². The molecule has 3 rings (SSSR count). The Morgan fingerprint density at radius 3 is 2.28 bits per heavy atom. The second-order valence-electron chi connectivity index (χ2n) is 6.31. The first-order valence-electron chi connectivity index (χ1n) is 8.85. The predicted molar refractivity (Wildman–Crippen MR) is 115 cm³/mol. The fourth-order valence-corrected chi connectivity index (χ4v) is 3.21. The van der Waals surface area contributed by atoms with Gasteiger partial charge in [0, 0.05) is 33.8 Å². The molecule has 3 aromatic rings. The minimum atomic E-state index is -0.433. The summed E-state index contributed by atoms with van der Waals surface area (Å²) in [5, 5.41) is 7.69. The number of hydrogen-bond donors (Lipinski definition) is 2. The number of nitrogens with one attached hydrogen (secondary N) is 2. The van der Waals surface area contributed by atoms with E-state index < -0.39 is 11.8 Å². The summed E-state index contributed by atoms with van der Waals surface area (Å²) in [6, 6.07) is 16.2. The minimum Gasteiger partial charge on any atom is -0.323 e. The highest BCUT2D eigenvalue weighted by Gasteiger charge is 2.11. The Morgan fingerprint density at radius 2 is 1.62 bits per heavy atom. The molecule has 0 radical (unpaired) electrons. The average Bonchev–Trinajstić information content (AvgIpc) is 3.17. The lowest BCUT2D eigenvalue weighted by atomic mass is 10.1. The van der Waals surface area contributed by atoms with Crippen LogP contribution in [0.3, 0.4) is 0 Å². The van der Waals surface area contributed by atoms with Crippen molar-refractivity contribution in [1.82, 2.24) is 4.98 Å². The zero-order chi connectivity index (χ0) is 20.8. The van der Waals surface area contributed by atoms with E-state index in [9.17, 15) is 14.4 Å². The van der Waals surface area contributed by atoms with E-state index in [1.807, 2.05) is 35.7 Å². The van der Waals surface area contributed by atoms with Crippen LogP contribution >= 0.6 is 11.3 Å². The number of aromatic nitrogens is 1. The predicted octanol–water partition coefficient (Wildman–Crippen LogP) is 4.54. The van der Waals surface area contributed by atoms with E-state index in [2.05, 4.69) is 15.6 Å². The van der Waals surface area contributed by atoms with Crippen LogP contribution in [0.4, 0.5) is 10.8 Å². The largest absolute Gasteiger partial charge is 0.323 e. The second kappa shape index (κ2) is 9.07. The van der Waals surface area contributed by atoms with Crippen molar-refractivity contribution in [3.8, 4) is 11.3 Å². The van der Waals surface area contributed by atoms with Crippen molar-refractivity contribution in [3.05, 3.63) is 77.2 Å². The summed E-state index contributed by atoms with van der Waals surface area (Å²) in [5.41, 5.74) is 3.09. The third kappa shape index (κ3) is 5.46. The summed E-state index contributed by atoms with van der Waals surface area (Å²) in [4.78, 5) is 40.2. The van der Waals surface area contributed by atoms with E-state index >= 15 is 0 Å². The summed E-state index contributed by atoms with van der Waals surface area (Å²) in [6.07, 6.45) is 1.22. The van der Waals surface area contributed by atoms with Gasteiger partial charge in [-0.1, -0.05) is 30.3 Å². The number of thiazole rings is 1. The summed E-state index contributed by atoms with van der Waals surface area (Å²) < 4.78 is 0. The summed E-state index contributed by atoms with van der Waals surface area (Å²) in [7, 11) is 0. The number of nitrogens with zero attached hydrogens (tertiary/aromatic N) is 1. The first-order chi connectivity index (χ1) is 13.9. The standard InChI is InChI=1S/C22H19N3O3S/c1-14(12-20(27)23-18-10-8-16(9-11-18)15(2)26)21(28)25-22-24-19(13-29-22)17-6-4-3-5-7-17/h3-13H,1-2H3,(H,23,27)(H,24,25,28)/b14-12+. The molecule has 0 unspecified atom stereocenters. The number of anilines is 2. The van der Waals surface area contributed by atoms with Gasteiger partial charge >= 0.3 is 0 Å². The van der Waals surface area contributed by atoms with Gasteiger partial charge in [0.15, 0.2) is 10.9 Å². The fourth-order valence-electron chi connectivity index (χ4n) is 2.50. The molecule has 7 heteroatoms. The normalized spacial score (nSPS) is 11.0. The summed E-state index contributed by atoms with van der Waals surface area (Å²) in [5.74, 6) is -0.883. The number of carbonyl (C=O) groups excluding carboxylic acids is 3. The van der Waals surface area contributed by atoms with Crippen LogP contribution in [0.5, 0.6) is 0 Å². The van der Waals surface area contributed by atoms with E-state index in [-0.39, 0.29) is 11.4 Å². The zero-order valence-corrected chi connectivity index (χ0v) is 16.7. The Hall–Kier alpha value is -3.58. The number of amides is 2. The van der Waals surface area contributed by atoms with Crippen LogP contribution in [0, 0.1) is 0 Å². The van der Waals surface area contributed by atoms with Gasteiger partial charge in [0.1, 0.15) is 0 Å². The Labute approximate surface area is 172 Å². The molecule has 6 nitrogen and oxygen atoms in total. The number of carbonyl (C=O) groups is 3. The summed E-state index contributed by atoms with van der Waals surface area (Å²) >= 11 is 1.32. The van der Waals surface area contributed by atoms with Crippen molar-refractivity contribution in [2.45, 2.75) is 13.8 Å². The molecule has 0 aliphatic carbocycles. The Balaban J connectivity index is 1.60.